The van der Waals surface area contributed by atoms with Crippen LogP contribution < -0.4 is 4.90 Å². The van der Waals surface area contributed by atoms with E-state index in [1.54, 1.807) is 12.1 Å². The highest BCUT2D eigenvalue weighted by Gasteiger charge is 2.36. The first-order valence-corrected chi connectivity index (χ1v) is 7.91. The Hall–Kier alpha value is -3.08. The Morgan fingerprint density at radius 3 is 2.31 bits per heavy atom. The third kappa shape index (κ3) is 3.61. The van der Waals surface area contributed by atoms with E-state index >= 15 is 0 Å². The molecular weight excluding hydrogens is 345 g/mol. The van der Waals surface area contributed by atoms with Gasteiger partial charge < -0.3 is 9.80 Å². The van der Waals surface area contributed by atoms with Gasteiger partial charge in [0.15, 0.2) is 5.82 Å². The van der Waals surface area contributed by atoms with Crippen molar-refractivity contribution in [2.75, 3.05) is 31.1 Å². The number of benzene rings is 1. The zero-order chi connectivity index (χ0) is 18.7. The molecule has 3 rings (SSSR count). The molecule has 0 spiro atoms. The molecule has 0 N–H and O–H groups in total. The monoisotopic (exact) mass is 360 g/mol. The van der Waals surface area contributed by atoms with Crippen molar-refractivity contribution in [2.24, 2.45) is 0 Å². The number of terminal acetylenes is 1. The SMILES string of the molecule is C#Cc1ccc(N2CCN(C(=O)c3ccccc3C(F)(F)F)CC2)nn1. The molecule has 5 nitrogen and oxygen atoms in total. The van der Waals surface area contributed by atoms with Crippen LogP contribution in [0.1, 0.15) is 21.6 Å². The molecule has 2 heterocycles. The number of piperazine rings is 1. The Bertz CT molecular complexity index is 835. The highest BCUT2D eigenvalue weighted by Crippen LogP contribution is 2.32. The van der Waals surface area contributed by atoms with Crippen molar-refractivity contribution in [2.45, 2.75) is 6.18 Å². The number of hydrogen-bond donors (Lipinski definition) is 0. The van der Waals surface area contributed by atoms with E-state index in [9.17, 15) is 18.0 Å². The molecule has 0 unspecified atom stereocenters. The molecule has 1 aromatic heterocycles. The van der Waals surface area contributed by atoms with Crippen molar-refractivity contribution < 1.29 is 18.0 Å². The number of amides is 1. The summed E-state index contributed by atoms with van der Waals surface area (Å²) in [7, 11) is 0. The lowest BCUT2D eigenvalue weighted by molar-refractivity contribution is -0.138. The van der Waals surface area contributed by atoms with Crippen LogP contribution in [0.4, 0.5) is 19.0 Å². The van der Waals surface area contributed by atoms with E-state index in [0.29, 0.717) is 37.7 Å². The number of hydrogen-bond acceptors (Lipinski definition) is 4. The standard InChI is InChI=1S/C18H15F3N4O/c1-2-13-7-8-16(23-22-13)24-9-11-25(12-10-24)17(26)14-5-3-4-6-15(14)18(19,20)21/h1,3-8H,9-12H2. The number of aromatic nitrogens is 2. The van der Waals surface area contributed by atoms with E-state index < -0.39 is 17.6 Å². The molecule has 0 bridgehead atoms. The Balaban J connectivity index is 1.70. The predicted octanol–water partition coefficient (Wildman–Crippen LogP) is 2.44. The molecular formula is C18H15F3N4O. The zero-order valence-corrected chi connectivity index (χ0v) is 13.7. The minimum absolute atomic E-state index is 0.295. The van der Waals surface area contributed by atoms with E-state index in [-0.39, 0.29) is 5.56 Å². The first kappa shape index (κ1) is 17.7. The second kappa shape index (κ2) is 7.04. The van der Waals surface area contributed by atoms with Gasteiger partial charge in [-0.2, -0.15) is 13.2 Å². The van der Waals surface area contributed by atoms with Crippen molar-refractivity contribution in [1.82, 2.24) is 15.1 Å². The van der Waals surface area contributed by atoms with E-state index in [0.717, 1.165) is 6.07 Å². The lowest BCUT2D eigenvalue weighted by Crippen LogP contribution is -2.49. The van der Waals surface area contributed by atoms with E-state index in [4.69, 9.17) is 6.42 Å². The third-order valence-electron chi connectivity index (χ3n) is 4.15. The Labute approximate surface area is 148 Å². The third-order valence-corrected chi connectivity index (χ3v) is 4.15. The molecule has 1 amide bonds. The second-order valence-electron chi connectivity index (χ2n) is 5.74. The molecule has 0 radical (unpaired) electrons. The first-order valence-electron chi connectivity index (χ1n) is 7.91. The Morgan fingerprint density at radius 1 is 1.04 bits per heavy atom. The molecule has 1 fully saturated rings. The average Bonchev–Trinajstić information content (AvgIpc) is 2.67. The van der Waals surface area contributed by atoms with Crippen LogP contribution in [0.15, 0.2) is 36.4 Å². The number of carbonyl (C=O) groups is 1. The van der Waals surface area contributed by atoms with Gasteiger partial charge in [-0.15, -0.1) is 16.6 Å². The summed E-state index contributed by atoms with van der Waals surface area (Å²) in [6.45, 7) is 1.49. The summed E-state index contributed by atoms with van der Waals surface area (Å²) < 4.78 is 39.3. The summed E-state index contributed by atoms with van der Waals surface area (Å²) in [5, 5.41) is 7.91. The van der Waals surface area contributed by atoms with Crippen molar-refractivity contribution in [1.29, 1.82) is 0 Å². The van der Waals surface area contributed by atoms with Gasteiger partial charge in [-0.25, -0.2) is 0 Å². The summed E-state index contributed by atoms with van der Waals surface area (Å²) >= 11 is 0. The quantitative estimate of drug-likeness (QED) is 0.772. The maximum atomic E-state index is 13.1. The van der Waals surface area contributed by atoms with Crippen molar-refractivity contribution in [3.05, 3.63) is 53.2 Å². The van der Waals surface area contributed by atoms with Crippen molar-refractivity contribution >= 4 is 11.7 Å². The Morgan fingerprint density at radius 2 is 1.73 bits per heavy atom. The van der Waals surface area contributed by atoms with E-state index in [1.807, 2.05) is 4.90 Å². The summed E-state index contributed by atoms with van der Waals surface area (Å²) in [4.78, 5) is 15.9. The molecule has 1 aliphatic rings. The van der Waals surface area contributed by atoms with E-state index in [1.165, 1.54) is 23.1 Å². The number of anilines is 1. The molecule has 1 aliphatic heterocycles. The van der Waals surface area contributed by atoms with Crippen LogP contribution in [-0.2, 0) is 6.18 Å². The van der Waals surface area contributed by atoms with Crippen LogP contribution in [0.25, 0.3) is 0 Å². The fourth-order valence-corrected chi connectivity index (χ4v) is 2.80. The lowest BCUT2D eigenvalue weighted by Gasteiger charge is -2.35. The van der Waals surface area contributed by atoms with Gasteiger partial charge >= 0.3 is 6.18 Å². The van der Waals surface area contributed by atoms with Crippen molar-refractivity contribution in [3.63, 3.8) is 0 Å². The lowest BCUT2D eigenvalue weighted by atomic mass is 10.1. The van der Waals surface area contributed by atoms with Gasteiger partial charge in [0.05, 0.1) is 11.1 Å². The summed E-state index contributed by atoms with van der Waals surface area (Å²) in [5.41, 5.74) is -0.818. The number of rotatable bonds is 2. The second-order valence-corrected chi connectivity index (χ2v) is 5.74. The number of nitrogens with zero attached hydrogens (tertiary/aromatic N) is 4. The van der Waals surface area contributed by atoms with Gasteiger partial charge in [-0.3, -0.25) is 4.79 Å². The molecule has 134 valence electrons. The van der Waals surface area contributed by atoms with Gasteiger partial charge in [-0.1, -0.05) is 12.1 Å². The topological polar surface area (TPSA) is 49.3 Å². The molecule has 1 saturated heterocycles. The molecule has 0 aliphatic carbocycles. The van der Waals surface area contributed by atoms with Crippen LogP contribution in [0.2, 0.25) is 0 Å². The number of halogens is 3. The fraction of sp³-hybridized carbons (Fsp3) is 0.278. The normalized spacial score (nSPS) is 14.8. The van der Waals surface area contributed by atoms with Crippen LogP contribution in [0.3, 0.4) is 0 Å². The van der Waals surface area contributed by atoms with Crippen LogP contribution >= 0.6 is 0 Å². The fourth-order valence-electron chi connectivity index (χ4n) is 2.80. The van der Waals surface area contributed by atoms with Gasteiger partial charge in [-0.05, 0) is 30.2 Å². The number of carbonyl (C=O) groups excluding carboxylic acids is 1. The minimum Gasteiger partial charge on any atom is -0.352 e. The Kier molecular flexibility index (Phi) is 4.80. The molecule has 8 heteroatoms. The molecule has 2 aromatic rings. The van der Waals surface area contributed by atoms with Crippen LogP contribution in [0.5, 0.6) is 0 Å². The number of alkyl halides is 3. The maximum Gasteiger partial charge on any atom is 0.417 e. The minimum atomic E-state index is -4.57. The van der Waals surface area contributed by atoms with Crippen molar-refractivity contribution in [3.8, 4) is 12.3 Å². The summed E-state index contributed by atoms with van der Waals surface area (Å²) in [6, 6.07) is 8.24. The van der Waals surface area contributed by atoms with Gasteiger partial charge in [0, 0.05) is 26.2 Å². The molecule has 0 atom stereocenters. The van der Waals surface area contributed by atoms with Gasteiger partial charge in [0.25, 0.3) is 5.91 Å². The van der Waals surface area contributed by atoms with Crippen LogP contribution in [-0.4, -0.2) is 47.2 Å². The van der Waals surface area contributed by atoms with Crippen LogP contribution in [0, 0.1) is 12.3 Å². The highest BCUT2D eigenvalue weighted by molar-refractivity contribution is 5.96. The highest BCUT2D eigenvalue weighted by atomic mass is 19.4. The van der Waals surface area contributed by atoms with Gasteiger partial charge in [0.1, 0.15) is 5.69 Å². The molecule has 1 aromatic carbocycles. The predicted molar refractivity (Wildman–Crippen MR) is 89.5 cm³/mol. The largest absolute Gasteiger partial charge is 0.417 e. The molecule has 0 saturated carbocycles. The first-order chi connectivity index (χ1) is 12.4. The summed E-state index contributed by atoms with van der Waals surface area (Å²) in [6.07, 6.45) is 0.671. The smallest absolute Gasteiger partial charge is 0.352 e. The molecule has 26 heavy (non-hydrogen) atoms. The average molecular weight is 360 g/mol. The van der Waals surface area contributed by atoms with Gasteiger partial charge in [0.2, 0.25) is 0 Å². The zero-order valence-electron chi connectivity index (χ0n) is 13.7. The summed E-state index contributed by atoms with van der Waals surface area (Å²) in [5.74, 6) is 2.38. The van der Waals surface area contributed by atoms with E-state index in [2.05, 4.69) is 16.1 Å². The maximum absolute atomic E-state index is 13.1.